The van der Waals surface area contributed by atoms with Crippen LogP contribution in [-0.4, -0.2) is 28.8 Å². The molecule has 6 nitrogen and oxygen atoms in total. The summed E-state index contributed by atoms with van der Waals surface area (Å²) in [6, 6.07) is 10.9. The van der Waals surface area contributed by atoms with Crippen molar-refractivity contribution in [2.45, 2.75) is 30.8 Å². The molecule has 4 rings (SSSR count). The van der Waals surface area contributed by atoms with Crippen molar-refractivity contribution in [2.24, 2.45) is 0 Å². The molecule has 0 fully saturated rings. The first-order chi connectivity index (χ1) is 15.4. The van der Waals surface area contributed by atoms with Gasteiger partial charge in [-0.3, -0.25) is 9.36 Å². The molecule has 4 aromatic rings. The monoisotopic (exact) mass is 487 g/mol. The zero-order valence-corrected chi connectivity index (χ0v) is 20.5. The first-order valence-electron chi connectivity index (χ1n) is 9.93. The van der Waals surface area contributed by atoms with Crippen LogP contribution < -0.4 is 15.0 Å². The van der Waals surface area contributed by atoms with Crippen molar-refractivity contribution in [3.8, 4) is 22.1 Å². The smallest absolute Gasteiger partial charge is 0.262 e. The zero-order valence-electron chi connectivity index (χ0n) is 18.1. The Kier molecular flexibility index (Phi) is 6.74. The lowest BCUT2D eigenvalue weighted by molar-refractivity contribution is 0.356. The number of halogens is 1. The number of methoxy groups -OCH3 is 2. The maximum Gasteiger partial charge on any atom is 0.262 e. The van der Waals surface area contributed by atoms with Crippen LogP contribution in [0.25, 0.3) is 21.5 Å². The second kappa shape index (κ2) is 9.52. The van der Waals surface area contributed by atoms with E-state index in [2.05, 4.69) is 0 Å². The Labute approximate surface area is 199 Å². The van der Waals surface area contributed by atoms with Gasteiger partial charge in [-0.1, -0.05) is 29.4 Å². The maximum atomic E-state index is 13.1. The summed E-state index contributed by atoms with van der Waals surface area (Å²) in [5.41, 5.74) is 2.31. The summed E-state index contributed by atoms with van der Waals surface area (Å²) in [7, 11) is 3.23. The number of aromatic nitrogens is 3. The third kappa shape index (κ3) is 4.35. The molecular weight excluding hydrogens is 466 g/mol. The summed E-state index contributed by atoms with van der Waals surface area (Å²) < 4.78 is 12.7. The fraction of sp³-hybridized carbons (Fsp3) is 0.261. The third-order valence-electron chi connectivity index (χ3n) is 4.88. The average molecular weight is 488 g/mol. The van der Waals surface area contributed by atoms with Gasteiger partial charge in [-0.2, -0.15) is 0 Å². The van der Waals surface area contributed by atoms with E-state index in [1.165, 1.54) is 23.1 Å². The molecule has 0 N–H and O–H groups in total. The number of fused-ring (bicyclic) bond motifs is 1. The normalized spacial score (nSPS) is 11.3. The molecule has 2 aromatic heterocycles. The van der Waals surface area contributed by atoms with Crippen LogP contribution in [0, 0.1) is 0 Å². The largest absolute Gasteiger partial charge is 0.493 e. The third-order valence-corrected chi connectivity index (χ3v) is 7.03. The lowest BCUT2D eigenvalue weighted by Gasteiger charge is -2.16. The van der Waals surface area contributed by atoms with Crippen LogP contribution in [0.3, 0.4) is 0 Å². The number of para-hydroxylation sites is 1. The van der Waals surface area contributed by atoms with E-state index in [1.807, 2.05) is 37.4 Å². The molecule has 0 amide bonds. The zero-order chi connectivity index (χ0) is 22.8. The van der Waals surface area contributed by atoms with Gasteiger partial charge >= 0.3 is 0 Å². The lowest BCUT2D eigenvalue weighted by Crippen LogP contribution is -2.25. The summed E-state index contributed by atoms with van der Waals surface area (Å²) in [4.78, 5) is 22.6. The molecule has 2 aromatic carbocycles. The van der Waals surface area contributed by atoms with Gasteiger partial charge in [0.15, 0.2) is 16.7 Å². The summed E-state index contributed by atoms with van der Waals surface area (Å²) in [5.74, 6) is 1.90. The highest BCUT2D eigenvalue weighted by Gasteiger charge is 2.17. The Morgan fingerprint density at radius 2 is 1.97 bits per heavy atom. The van der Waals surface area contributed by atoms with Crippen LogP contribution in [0.4, 0.5) is 0 Å². The quantitative estimate of drug-likeness (QED) is 0.233. The number of ether oxygens (including phenoxy) is 2. The topological polar surface area (TPSA) is 66.2 Å². The first kappa shape index (κ1) is 22.6. The van der Waals surface area contributed by atoms with Crippen molar-refractivity contribution in [1.29, 1.82) is 0 Å². The molecule has 0 atom stereocenters. The summed E-state index contributed by atoms with van der Waals surface area (Å²) >= 11 is 9.15. The molecular formula is C23H22ClN3O3S2. The highest BCUT2D eigenvalue weighted by atomic mass is 35.5. The van der Waals surface area contributed by atoms with Crippen LogP contribution in [0.2, 0.25) is 5.02 Å². The molecule has 166 valence electrons. The fourth-order valence-corrected chi connectivity index (χ4v) is 5.53. The Morgan fingerprint density at radius 1 is 1.16 bits per heavy atom. The number of rotatable bonds is 7. The molecule has 0 saturated heterocycles. The van der Waals surface area contributed by atoms with Gasteiger partial charge in [0, 0.05) is 22.2 Å². The molecule has 32 heavy (non-hydrogen) atoms. The summed E-state index contributed by atoms with van der Waals surface area (Å²) in [6.07, 6.45) is 0. The average Bonchev–Trinajstić information content (AvgIpc) is 3.25. The minimum atomic E-state index is -0.0655. The number of hydrogen-bond acceptors (Lipinski definition) is 7. The van der Waals surface area contributed by atoms with Crippen molar-refractivity contribution < 1.29 is 9.47 Å². The van der Waals surface area contributed by atoms with Gasteiger partial charge in [-0.25, -0.2) is 9.97 Å². The van der Waals surface area contributed by atoms with Gasteiger partial charge in [0.25, 0.3) is 5.56 Å². The van der Waals surface area contributed by atoms with Crippen LogP contribution in [-0.2, 0) is 5.75 Å². The number of benzene rings is 2. The minimum Gasteiger partial charge on any atom is -0.493 e. The Hall–Kier alpha value is -2.55. The number of thiazole rings is 1. The van der Waals surface area contributed by atoms with Crippen molar-refractivity contribution in [3.63, 3.8) is 0 Å². The fourth-order valence-electron chi connectivity index (χ4n) is 3.40. The highest BCUT2D eigenvalue weighted by Crippen LogP contribution is 2.39. The molecule has 0 unspecified atom stereocenters. The van der Waals surface area contributed by atoms with Crippen molar-refractivity contribution in [3.05, 3.63) is 62.8 Å². The van der Waals surface area contributed by atoms with Crippen molar-refractivity contribution >= 4 is 45.6 Å². The Morgan fingerprint density at radius 3 is 2.69 bits per heavy atom. The van der Waals surface area contributed by atoms with Gasteiger partial charge in [-0.05, 0) is 44.2 Å². The van der Waals surface area contributed by atoms with Crippen LogP contribution >= 0.6 is 34.7 Å². The molecule has 9 heteroatoms. The van der Waals surface area contributed by atoms with Crippen molar-refractivity contribution in [1.82, 2.24) is 14.5 Å². The maximum absolute atomic E-state index is 13.1. The SMILES string of the molecule is COc1cccc(-c2nc(CSc3nc4cc(Cl)ccc4c(=O)n3C(C)C)cs2)c1OC. The molecule has 0 saturated carbocycles. The Balaban J connectivity index is 1.65. The molecule has 0 aliphatic heterocycles. The molecule has 2 heterocycles. The van der Waals surface area contributed by atoms with Gasteiger partial charge < -0.3 is 9.47 Å². The molecule has 0 bridgehead atoms. The summed E-state index contributed by atoms with van der Waals surface area (Å²) in [6.45, 7) is 3.95. The van der Waals surface area contributed by atoms with E-state index >= 15 is 0 Å². The standard InChI is InChI=1S/C23H22ClN3O3S2/c1-13(2)27-22(28)16-9-8-14(24)10-18(16)26-23(27)32-12-15-11-31-21(25-15)17-6-5-7-19(29-3)20(17)30-4/h5-11,13H,12H2,1-4H3. The van der Waals surface area contributed by atoms with Gasteiger partial charge in [-0.15, -0.1) is 11.3 Å². The van der Waals surface area contributed by atoms with E-state index in [1.54, 1.807) is 37.0 Å². The summed E-state index contributed by atoms with van der Waals surface area (Å²) in [5, 5.41) is 4.62. The van der Waals surface area contributed by atoms with Crippen LogP contribution in [0.15, 0.2) is 51.7 Å². The van der Waals surface area contributed by atoms with E-state index in [0.29, 0.717) is 38.3 Å². The van der Waals surface area contributed by atoms with Crippen LogP contribution in [0.1, 0.15) is 25.6 Å². The predicted molar refractivity (Wildman–Crippen MR) is 132 cm³/mol. The second-order valence-electron chi connectivity index (χ2n) is 7.30. The highest BCUT2D eigenvalue weighted by molar-refractivity contribution is 7.98. The van der Waals surface area contributed by atoms with Gasteiger partial charge in [0.05, 0.1) is 36.4 Å². The van der Waals surface area contributed by atoms with E-state index < -0.39 is 0 Å². The van der Waals surface area contributed by atoms with Crippen molar-refractivity contribution in [2.75, 3.05) is 14.2 Å². The van der Waals surface area contributed by atoms with E-state index in [0.717, 1.165) is 16.3 Å². The predicted octanol–water partition coefficient (Wildman–Crippen LogP) is 6.06. The van der Waals surface area contributed by atoms with E-state index in [4.69, 9.17) is 31.0 Å². The molecule has 0 radical (unpaired) electrons. The number of nitrogens with zero attached hydrogens (tertiary/aromatic N) is 3. The lowest BCUT2D eigenvalue weighted by atomic mass is 10.2. The van der Waals surface area contributed by atoms with Crippen LogP contribution in [0.5, 0.6) is 11.5 Å². The van der Waals surface area contributed by atoms with E-state index in [-0.39, 0.29) is 11.6 Å². The number of hydrogen-bond donors (Lipinski definition) is 0. The van der Waals surface area contributed by atoms with Gasteiger partial charge in [0.1, 0.15) is 5.01 Å². The first-order valence-corrected chi connectivity index (χ1v) is 12.2. The minimum absolute atomic E-state index is 0.0235. The van der Waals surface area contributed by atoms with E-state index in [9.17, 15) is 4.79 Å². The number of thioether (sulfide) groups is 1. The Bertz CT molecular complexity index is 1330. The van der Waals surface area contributed by atoms with Gasteiger partial charge in [0.2, 0.25) is 0 Å². The molecule has 0 aliphatic carbocycles. The molecule has 0 aliphatic rings. The molecule has 0 spiro atoms. The second-order valence-corrected chi connectivity index (χ2v) is 9.54.